The van der Waals surface area contributed by atoms with Crippen molar-refractivity contribution in [3.8, 4) is 0 Å². The molecule has 2 aliphatic rings. The van der Waals surface area contributed by atoms with Crippen LogP contribution in [0.1, 0.15) is 49.3 Å². The molecule has 1 aromatic carbocycles. The maximum atomic E-state index is 13.1. The Hall–Kier alpha value is -1.73. The lowest BCUT2D eigenvalue weighted by Gasteiger charge is -2.32. The monoisotopic (exact) mass is 509 g/mol. The van der Waals surface area contributed by atoms with E-state index in [9.17, 15) is 21.6 Å². The first-order chi connectivity index (χ1) is 16.0. The van der Waals surface area contributed by atoms with Gasteiger partial charge in [0, 0.05) is 32.7 Å². The molecule has 8 nitrogen and oxygen atoms in total. The molecular weight excluding hydrogens is 475 g/mol. The highest BCUT2D eigenvalue weighted by atomic mass is 32.2. The molecular formula is C22H34F3N3O5S. The minimum absolute atomic E-state index is 0.251. The highest BCUT2D eigenvalue weighted by Gasteiger charge is 2.38. The predicted molar refractivity (Wildman–Crippen MR) is 122 cm³/mol. The molecule has 34 heavy (non-hydrogen) atoms. The number of hydrogen-bond acceptors (Lipinski definition) is 5. The molecule has 194 valence electrons. The van der Waals surface area contributed by atoms with Crippen LogP contribution in [0.5, 0.6) is 0 Å². The molecule has 3 rings (SSSR count). The van der Waals surface area contributed by atoms with Gasteiger partial charge in [0.05, 0.1) is 19.3 Å². The summed E-state index contributed by atoms with van der Waals surface area (Å²) in [6.45, 7) is 7.05. The Bertz CT molecular complexity index is 852. The minimum atomic E-state index is -5.08. The maximum Gasteiger partial charge on any atom is 0.490 e. The second-order valence-electron chi connectivity index (χ2n) is 8.47. The van der Waals surface area contributed by atoms with Crippen LogP contribution in [0.4, 0.5) is 13.2 Å². The lowest BCUT2D eigenvalue weighted by molar-refractivity contribution is -0.192. The zero-order chi connectivity index (χ0) is 25.2. The number of ether oxygens (including phenoxy) is 1. The third-order valence-electron chi connectivity index (χ3n) is 5.71. The van der Waals surface area contributed by atoms with E-state index in [2.05, 4.69) is 9.62 Å². The number of alkyl halides is 3. The summed E-state index contributed by atoms with van der Waals surface area (Å²) < 4.78 is 68.1. The van der Waals surface area contributed by atoms with Gasteiger partial charge >= 0.3 is 12.1 Å². The van der Waals surface area contributed by atoms with E-state index in [0.717, 1.165) is 44.3 Å². The van der Waals surface area contributed by atoms with Crippen LogP contribution >= 0.6 is 0 Å². The van der Waals surface area contributed by atoms with Gasteiger partial charge < -0.3 is 9.84 Å². The number of aliphatic carboxylic acids is 1. The third kappa shape index (κ3) is 9.87. The number of benzene rings is 1. The Morgan fingerprint density at radius 2 is 1.53 bits per heavy atom. The van der Waals surface area contributed by atoms with Crippen molar-refractivity contribution < 1.29 is 36.2 Å². The highest BCUT2D eigenvalue weighted by Crippen LogP contribution is 2.20. The Morgan fingerprint density at radius 3 is 2.03 bits per heavy atom. The zero-order valence-corrected chi connectivity index (χ0v) is 20.2. The number of halogens is 3. The Kier molecular flexibility index (Phi) is 11.2. The summed E-state index contributed by atoms with van der Waals surface area (Å²) in [5.41, 5.74) is 2.19. The van der Waals surface area contributed by atoms with E-state index in [1.54, 1.807) is 4.31 Å². The molecule has 0 amide bonds. The van der Waals surface area contributed by atoms with Gasteiger partial charge in [0.1, 0.15) is 0 Å². The van der Waals surface area contributed by atoms with Crippen molar-refractivity contribution in [1.29, 1.82) is 0 Å². The van der Waals surface area contributed by atoms with Crippen molar-refractivity contribution in [2.24, 2.45) is 0 Å². The van der Waals surface area contributed by atoms with Crippen LogP contribution in [-0.4, -0.2) is 80.8 Å². The molecule has 0 aromatic heterocycles. The normalized spacial score (nSPS) is 19.9. The zero-order valence-electron chi connectivity index (χ0n) is 19.4. The number of carboxylic acids is 1. The maximum absolute atomic E-state index is 13.1. The fourth-order valence-corrected chi connectivity index (χ4v) is 5.22. The van der Waals surface area contributed by atoms with Gasteiger partial charge in [-0.25, -0.2) is 4.79 Å². The molecule has 1 unspecified atom stereocenters. The van der Waals surface area contributed by atoms with E-state index in [1.807, 2.05) is 31.2 Å². The van der Waals surface area contributed by atoms with Crippen LogP contribution in [0.2, 0.25) is 0 Å². The lowest BCUT2D eigenvalue weighted by atomic mass is 10.1. The predicted octanol–water partition coefficient (Wildman–Crippen LogP) is 3.10. The van der Waals surface area contributed by atoms with Gasteiger partial charge in [0.2, 0.25) is 0 Å². The number of nitrogens with zero attached hydrogens (tertiary/aromatic N) is 2. The van der Waals surface area contributed by atoms with Crippen LogP contribution in [0.3, 0.4) is 0 Å². The summed E-state index contributed by atoms with van der Waals surface area (Å²) in [5.74, 6) is -2.76. The average molecular weight is 510 g/mol. The summed E-state index contributed by atoms with van der Waals surface area (Å²) in [6.07, 6.45) is 0.242. The molecule has 2 N–H and O–H groups in total. The van der Waals surface area contributed by atoms with Gasteiger partial charge in [-0.3, -0.25) is 4.90 Å². The van der Waals surface area contributed by atoms with Gasteiger partial charge in [0.15, 0.2) is 0 Å². The number of carboxylic acid groups (broad SMARTS) is 1. The van der Waals surface area contributed by atoms with Crippen LogP contribution < -0.4 is 4.72 Å². The lowest BCUT2D eigenvalue weighted by Crippen LogP contribution is -2.47. The molecule has 2 heterocycles. The highest BCUT2D eigenvalue weighted by molar-refractivity contribution is 7.87. The molecule has 0 radical (unpaired) electrons. The molecule has 0 bridgehead atoms. The fraction of sp³-hybridized carbons (Fsp3) is 0.682. The number of aryl methyl sites for hydroxylation is 1. The average Bonchev–Trinajstić information content (AvgIpc) is 2.73. The topological polar surface area (TPSA) is 99.2 Å². The Balaban J connectivity index is 0.000000509. The molecule has 2 aliphatic heterocycles. The van der Waals surface area contributed by atoms with Crippen molar-refractivity contribution in [2.45, 2.75) is 51.2 Å². The van der Waals surface area contributed by atoms with Gasteiger partial charge in [-0.1, -0.05) is 49.1 Å². The summed E-state index contributed by atoms with van der Waals surface area (Å²) in [5, 5.41) is 7.12. The van der Waals surface area contributed by atoms with Crippen molar-refractivity contribution in [3.63, 3.8) is 0 Å². The SMILES string of the molecule is Cc1ccc(C(CN2CCOCC2)NS(=O)(=O)N2CCCCCCC2)cc1.O=C(O)C(F)(F)F. The summed E-state index contributed by atoms with van der Waals surface area (Å²) in [4.78, 5) is 11.2. The molecule has 0 saturated carbocycles. The molecule has 0 aliphatic carbocycles. The smallest absolute Gasteiger partial charge is 0.475 e. The second-order valence-corrected chi connectivity index (χ2v) is 10.2. The second kappa shape index (κ2) is 13.4. The largest absolute Gasteiger partial charge is 0.490 e. The number of carbonyl (C=O) groups is 1. The molecule has 0 spiro atoms. The van der Waals surface area contributed by atoms with Crippen LogP contribution in [0.25, 0.3) is 0 Å². The summed E-state index contributed by atoms with van der Waals surface area (Å²) in [6, 6.07) is 7.92. The number of nitrogens with one attached hydrogen (secondary N) is 1. The van der Waals surface area contributed by atoms with E-state index in [0.29, 0.717) is 32.8 Å². The van der Waals surface area contributed by atoms with Crippen LogP contribution in [-0.2, 0) is 19.7 Å². The first-order valence-electron chi connectivity index (χ1n) is 11.4. The molecule has 1 aromatic rings. The van der Waals surface area contributed by atoms with Crippen molar-refractivity contribution in [3.05, 3.63) is 35.4 Å². The van der Waals surface area contributed by atoms with Gasteiger partial charge in [-0.05, 0) is 25.3 Å². The van der Waals surface area contributed by atoms with Crippen LogP contribution in [0.15, 0.2) is 24.3 Å². The molecule has 12 heteroatoms. The van der Waals surface area contributed by atoms with E-state index in [-0.39, 0.29) is 6.04 Å². The molecule has 2 fully saturated rings. The number of morpholine rings is 1. The Labute approximate surface area is 199 Å². The minimum Gasteiger partial charge on any atom is -0.475 e. The Morgan fingerprint density at radius 1 is 1.03 bits per heavy atom. The summed E-state index contributed by atoms with van der Waals surface area (Å²) >= 11 is 0. The van der Waals surface area contributed by atoms with Gasteiger partial charge in [0.25, 0.3) is 10.2 Å². The first-order valence-corrected chi connectivity index (χ1v) is 12.9. The fourth-order valence-electron chi connectivity index (χ4n) is 3.76. The van der Waals surface area contributed by atoms with E-state index in [4.69, 9.17) is 14.6 Å². The first kappa shape index (κ1) is 28.5. The van der Waals surface area contributed by atoms with E-state index in [1.165, 1.54) is 12.0 Å². The van der Waals surface area contributed by atoms with Crippen molar-refractivity contribution in [2.75, 3.05) is 45.9 Å². The number of hydrogen-bond donors (Lipinski definition) is 2. The molecule has 1 atom stereocenters. The van der Waals surface area contributed by atoms with Crippen LogP contribution in [0, 0.1) is 6.92 Å². The molecule has 2 saturated heterocycles. The number of rotatable bonds is 6. The van der Waals surface area contributed by atoms with Crippen molar-refractivity contribution in [1.82, 2.24) is 13.9 Å². The quantitative estimate of drug-likeness (QED) is 0.612. The summed E-state index contributed by atoms with van der Waals surface area (Å²) in [7, 11) is -3.51. The third-order valence-corrected chi connectivity index (χ3v) is 7.34. The van der Waals surface area contributed by atoms with E-state index >= 15 is 0 Å². The van der Waals surface area contributed by atoms with Gasteiger partial charge in [-0.2, -0.15) is 30.6 Å². The van der Waals surface area contributed by atoms with E-state index < -0.39 is 22.4 Å². The van der Waals surface area contributed by atoms with Gasteiger partial charge in [-0.15, -0.1) is 0 Å². The van der Waals surface area contributed by atoms with Crippen molar-refractivity contribution >= 4 is 16.2 Å². The standard InChI is InChI=1S/C20H33N3O3S.C2HF3O2/c1-18-7-9-19(10-8-18)20(17-22-13-15-26-16-14-22)21-27(24,25)23-11-5-3-2-4-6-12-23;3-2(4,5)1(6)7/h7-10,20-21H,2-6,11-17H2,1H3;(H,6,7).